The molecule has 1 aliphatic heterocycles. The molecule has 10 heteroatoms. The van der Waals surface area contributed by atoms with E-state index in [2.05, 4.69) is 10.6 Å². The van der Waals surface area contributed by atoms with Gasteiger partial charge in [0.1, 0.15) is 6.61 Å². The highest BCUT2D eigenvalue weighted by atomic mass is 16.6. The lowest BCUT2D eigenvalue weighted by Crippen LogP contribution is -2.42. The summed E-state index contributed by atoms with van der Waals surface area (Å²) in [6, 6.07) is 19.0. The molecule has 1 aliphatic rings. The van der Waals surface area contributed by atoms with Crippen molar-refractivity contribution >= 4 is 18.2 Å². The average Bonchev–Trinajstić information content (AvgIpc) is 3.10. The minimum absolute atomic E-state index is 0.258. The minimum atomic E-state index is -1.51. The Kier molecular flexibility index (Phi) is 8.73. The number of benzene rings is 2. The van der Waals surface area contributed by atoms with E-state index in [0.29, 0.717) is 19.4 Å². The zero-order valence-electron chi connectivity index (χ0n) is 18.3. The number of aliphatic hydroxyl groups excluding tert-OH is 2. The van der Waals surface area contributed by atoms with Gasteiger partial charge >= 0.3 is 18.2 Å². The monoisotopic (exact) mass is 470 g/mol. The Hall–Kier alpha value is -4.21. The van der Waals surface area contributed by atoms with Crippen molar-refractivity contribution in [2.75, 3.05) is 19.7 Å². The van der Waals surface area contributed by atoms with Crippen LogP contribution in [0.4, 0.5) is 9.59 Å². The van der Waals surface area contributed by atoms with Crippen LogP contribution in [-0.2, 0) is 31.8 Å². The Morgan fingerprint density at radius 1 is 0.882 bits per heavy atom. The number of hydrogen-bond donors (Lipinski definition) is 4. The summed E-state index contributed by atoms with van der Waals surface area (Å²) in [6.45, 7) is 0.0329. The summed E-state index contributed by atoms with van der Waals surface area (Å²) in [5, 5.41) is 24.7. The van der Waals surface area contributed by atoms with Crippen LogP contribution < -0.4 is 10.6 Å². The molecule has 2 aromatic carbocycles. The molecule has 0 fully saturated rings. The van der Waals surface area contributed by atoms with E-state index in [-0.39, 0.29) is 6.54 Å². The van der Waals surface area contributed by atoms with Crippen LogP contribution in [0.2, 0.25) is 0 Å². The van der Waals surface area contributed by atoms with Crippen LogP contribution >= 0.6 is 0 Å². The third-order valence-corrected chi connectivity index (χ3v) is 4.97. The molecule has 2 aromatic rings. The summed E-state index contributed by atoms with van der Waals surface area (Å²) >= 11 is 0. The van der Waals surface area contributed by atoms with Gasteiger partial charge in [0.2, 0.25) is 11.9 Å². The molecule has 0 saturated carbocycles. The second-order valence-corrected chi connectivity index (χ2v) is 7.43. The second kappa shape index (κ2) is 12.1. The van der Waals surface area contributed by atoms with Crippen molar-refractivity contribution in [1.29, 1.82) is 0 Å². The maximum Gasteiger partial charge on any atom is 0.407 e. The Morgan fingerprint density at radius 3 is 1.91 bits per heavy atom. The minimum Gasteiger partial charge on any atom is -0.505 e. The number of amides is 2. The summed E-state index contributed by atoms with van der Waals surface area (Å²) in [6.07, 6.45) is -3.42. The number of aliphatic hydroxyl groups is 2. The first-order chi connectivity index (χ1) is 16.4. The van der Waals surface area contributed by atoms with Crippen LogP contribution in [0.15, 0.2) is 72.2 Å². The Morgan fingerprint density at radius 2 is 1.41 bits per heavy atom. The summed E-state index contributed by atoms with van der Waals surface area (Å²) in [7, 11) is 0. The second-order valence-electron chi connectivity index (χ2n) is 7.43. The standard InChI is InChI=1S/C24H26N2O8/c27-19-20(28)22(29)34-21(19)18(33-24(31)26-14-12-17-9-5-2-6-10-17)15-32-23(30)25-13-11-16-7-3-1-4-8-16/h1-10,18,21,27-28H,11-15H2,(H,25,30)(H,26,31). The normalized spacial score (nSPS) is 15.9. The van der Waals surface area contributed by atoms with E-state index in [1.165, 1.54) is 0 Å². The van der Waals surface area contributed by atoms with Gasteiger partial charge in [-0.3, -0.25) is 0 Å². The van der Waals surface area contributed by atoms with Crippen molar-refractivity contribution in [3.63, 3.8) is 0 Å². The van der Waals surface area contributed by atoms with Crippen molar-refractivity contribution in [1.82, 2.24) is 10.6 Å². The fourth-order valence-electron chi connectivity index (χ4n) is 3.20. The lowest BCUT2D eigenvalue weighted by Gasteiger charge is -2.22. The van der Waals surface area contributed by atoms with Crippen molar-refractivity contribution in [2.24, 2.45) is 0 Å². The first-order valence-electron chi connectivity index (χ1n) is 10.7. The number of cyclic esters (lactones) is 1. The van der Waals surface area contributed by atoms with Gasteiger partial charge < -0.3 is 35.1 Å². The molecule has 0 spiro atoms. The van der Waals surface area contributed by atoms with Gasteiger partial charge in [-0.1, -0.05) is 60.7 Å². The van der Waals surface area contributed by atoms with Crippen LogP contribution in [0.3, 0.4) is 0 Å². The number of nitrogens with one attached hydrogen (secondary N) is 2. The predicted molar refractivity (Wildman–Crippen MR) is 120 cm³/mol. The van der Waals surface area contributed by atoms with Gasteiger partial charge in [-0.25, -0.2) is 14.4 Å². The first kappa shape index (κ1) is 24.4. The maximum absolute atomic E-state index is 12.3. The summed E-state index contributed by atoms with van der Waals surface area (Å²) < 4.78 is 15.2. The number of carbonyl (C=O) groups is 3. The molecular weight excluding hydrogens is 444 g/mol. The SMILES string of the molecule is O=C(NCCc1ccccc1)OCC(OC(=O)NCCc1ccccc1)C1OC(=O)C(O)=C1O. The molecule has 0 aliphatic carbocycles. The molecule has 0 saturated heterocycles. The highest BCUT2D eigenvalue weighted by Gasteiger charge is 2.42. The summed E-state index contributed by atoms with van der Waals surface area (Å²) in [5.41, 5.74) is 2.03. The van der Waals surface area contributed by atoms with E-state index < -0.39 is 48.5 Å². The van der Waals surface area contributed by atoms with E-state index in [1.807, 2.05) is 60.7 Å². The van der Waals surface area contributed by atoms with Gasteiger partial charge in [-0.15, -0.1) is 0 Å². The fraction of sp³-hybridized carbons (Fsp3) is 0.292. The van der Waals surface area contributed by atoms with E-state index in [4.69, 9.17) is 14.2 Å². The number of carbonyl (C=O) groups excluding carboxylic acids is 3. The summed E-state index contributed by atoms with van der Waals surface area (Å²) in [4.78, 5) is 35.9. The molecule has 0 radical (unpaired) electrons. The van der Waals surface area contributed by atoms with Crippen molar-refractivity contribution in [3.8, 4) is 0 Å². The van der Waals surface area contributed by atoms with Crippen LogP contribution in [0.25, 0.3) is 0 Å². The fourth-order valence-corrected chi connectivity index (χ4v) is 3.20. The Bertz CT molecular complexity index is 1010. The third kappa shape index (κ3) is 7.16. The van der Waals surface area contributed by atoms with Crippen molar-refractivity contribution < 1.29 is 38.8 Å². The van der Waals surface area contributed by atoms with E-state index in [9.17, 15) is 24.6 Å². The number of esters is 1. The Labute approximate surface area is 196 Å². The zero-order chi connectivity index (χ0) is 24.3. The summed E-state index contributed by atoms with van der Waals surface area (Å²) in [5.74, 6) is -2.97. The molecule has 2 unspecified atom stereocenters. The molecule has 180 valence electrons. The van der Waals surface area contributed by atoms with Gasteiger partial charge in [0.15, 0.2) is 11.9 Å². The molecule has 2 atom stereocenters. The zero-order valence-corrected chi connectivity index (χ0v) is 18.3. The maximum atomic E-state index is 12.3. The van der Waals surface area contributed by atoms with Crippen LogP contribution in [0.5, 0.6) is 0 Å². The lowest BCUT2D eigenvalue weighted by atomic mass is 10.1. The number of rotatable bonds is 10. The van der Waals surface area contributed by atoms with Crippen LogP contribution in [-0.4, -0.2) is 60.3 Å². The quantitative estimate of drug-likeness (QED) is 0.306. The van der Waals surface area contributed by atoms with E-state index in [0.717, 1.165) is 11.1 Å². The van der Waals surface area contributed by atoms with Crippen LogP contribution in [0, 0.1) is 0 Å². The van der Waals surface area contributed by atoms with E-state index in [1.54, 1.807) is 0 Å². The predicted octanol–water partition coefficient (Wildman–Crippen LogP) is 2.55. The lowest BCUT2D eigenvalue weighted by molar-refractivity contribution is -0.147. The smallest absolute Gasteiger partial charge is 0.407 e. The van der Waals surface area contributed by atoms with Gasteiger partial charge in [0.25, 0.3) is 0 Å². The van der Waals surface area contributed by atoms with E-state index >= 15 is 0 Å². The van der Waals surface area contributed by atoms with Crippen LogP contribution in [0.1, 0.15) is 11.1 Å². The first-order valence-corrected chi connectivity index (χ1v) is 10.7. The largest absolute Gasteiger partial charge is 0.505 e. The van der Waals surface area contributed by atoms with Gasteiger partial charge in [-0.2, -0.15) is 0 Å². The Balaban J connectivity index is 1.50. The molecule has 34 heavy (non-hydrogen) atoms. The molecule has 4 N–H and O–H groups in total. The topological polar surface area (TPSA) is 143 Å². The third-order valence-electron chi connectivity index (χ3n) is 4.97. The molecule has 0 bridgehead atoms. The molecule has 10 nitrogen and oxygen atoms in total. The van der Waals surface area contributed by atoms with Gasteiger partial charge in [0, 0.05) is 13.1 Å². The molecule has 0 aromatic heterocycles. The molecule has 1 heterocycles. The average molecular weight is 470 g/mol. The number of hydrogen-bond acceptors (Lipinski definition) is 8. The highest BCUT2D eigenvalue weighted by molar-refractivity contribution is 5.89. The number of ether oxygens (including phenoxy) is 3. The van der Waals surface area contributed by atoms with Crippen molar-refractivity contribution in [2.45, 2.75) is 25.0 Å². The number of alkyl carbamates (subject to hydrolysis) is 2. The highest BCUT2D eigenvalue weighted by Crippen LogP contribution is 2.23. The molecule has 3 rings (SSSR count). The van der Waals surface area contributed by atoms with Crippen molar-refractivity contribution in [3.05, 3.63) is 83.3 Å². The molecular formula is C24H26N2O8. The van der Waals surface area contributed by atoms with Gasteiger partial charge in [-0.05, 0) is 24.0 Å². The van der Waals surface area contributed by atoms with Gasteiger partial charge in [0.05, 0.1) is 0 Å². The molecule has 2 amide bonds.